The molecule has 0 spiro atoms. The summed E-state index contributed by atoms with van der Waals surface area (Å²) >= 11 is 0. The minimum atomic E-state index is -0.115. The van der Waals surface area contributed by atoms with Gasteiger partial charge in [-0.2, -0.15) is 0 Å². The molecule has 4 heteroatoms. The van der Waals surface area contributed by atoms with Crippen LogP contribution in [-0.4, -0.2) is 15.0 Å². The fourth-order valence-corrected chi connectivity index (χ4v) is 1.95. The first-order valence-electron chi connectivity index (χ1n) is 5.66. The van der Waals surface area contributed by atoms with Crippen LogP contribution in [0.1, 0.15) is 5.56 Å². The van der Waals surface area contributed by atoms with Crippen LogP contribution in [-0.2, 0) is 0 Å². The standard InChI is InChI=1S/C14H11N3O/c1-9-3-2-4-11-12(9)16-13(17-14(11)18)10-5-7-15-8-6-10/h2-8H,1H3,(H,16,17,18). The Labute approximate surface area is 103 Å². The smallest absolute Gasteiger partial charge is 0.259 e. The van der Waals surface area contributed by atoms with Crippen LogP contribution >= 0.6 is 0 Å². The van der Waals surface area contributed by atoms with Gasteiger partial charge in [-0.15, -0.1) is 0 Å². The van der Waals surface area contributed by atoms with Crippen molar-refractivity contribution in [1.82, 2.24) is 15.0 Å². The number of nitrogens with one attached hydrogen (secondary N) is 1. The van der Waals surface area contributed by atoms with Crippen LogP contribution in [0.5, 0.6) is 0 Å². The predicted octanol–water partition coefficient (Wildman–Crippen LogP) is 2.29. The number of H-pyrrole nitrogens is 1. The maximum Gasteiger partial charge on any atom is 0.259 e. The van der Waals surface area contributed by atoms with E-state index in [1.165, 1.54) is 0 Å². The topological polar surface area (TPSA) is 58.6 Å². The molecule has 3 rings (SSSR count). The van der Waals surface area contributed by atoms with Crippen molar-refractivity contribution < 1.29 is 0 Å². The van der Waals surface area contributed by atoms with Gasteiger partial charge in [-0.1, -0.05) is 12.1 Å². The molecule has 3 aromatic rings. The zero-order valence-electron chi connectivity index (χ0n) is 9.84. The summed E-state index contributed by atoms with van der Waals surface area (Å²) < 4.78 is 0. The molecule has 0 aliphatic carbocycles. The predicted molar refractivity (Wildman–Crippen MR) is 70.3 cm³/mol. The highest BCUT2D eigenvalue weighted by atomic mass is 16.1. The lowest BCUT2D eigenvalue weighted by molar-refractivity contribution is 1.16. The van der Waals surface area contributed by atoms with Crippen molar-refractivity contribution in [3.8, 4) is 11.4 Å². The summed E-state index contributed by atoms with van der Waals surface area (Å²) in [7, 11) is 0. The molecule has 0 radical (unpaired) electrons. The van der Waals surface area contributed by atoms with Crippen LogP contribution in [0.4, 0.5) is 0 Å². The number of aromatic amines is 1. The molecule has 0 bridgehead atoms. The van der Waals surface area contributed by atoms with E-state index < -0.39 is 0 Å². The van der Waals surface area contributed by atoms with Crippen LogP contribution in [0, 0.1) is 6.92 Å². The van der Waals surface area contributed by atoms with Gasteiger partial charge in [0.15, 0.2) is 0 Å². The monoisotopic (exact) mass is 237 g/mol. The third kappa shape index (κ3) is 1.68. The second-order valence-electron chi connectivity index (χ2n) is 4.12. The number of nitrogens with zero attached hydrogens (tertiary/aromatic N) is 2. The summed E-state index contributed by atoms with van der Waals surface area (Å²) in [5.74, 6) is 0.573. The highest BCUT2D eigenvalue weighted by Gasteiger charge is 2.06. The molecule has 18 heavy (non-hydrogen) atoms. The van der Waals surface area contributed by atoms with E-state index in [2.05, 4.69) is 15.0 Å². The van der Waals surface area contributed by atoms with Gasteiger partial charge in [0, 0.05) is 18.0 Å². The molecular formula is C14H11N3O. The third-order valence-corrected chi connectivity index (χ3v) is 2.89. The molecule has 0 saturated carbocycles. The number of pyridine rings is 1. The Morgan fingerprint density at radius 3 is 2.67 bits per heavy atom. The number of fused-ring (bicyclic) bond motifs is 1. The van der Waals surface area contributed by atoms with Crippen molar-refractivity contribution in [2.24, 2.45) is 0 Å². The van der Waals surface area contributed by atoms with Crippen molar-refractivity contribution in [1.29, 1.82) is 0 Å². The molecule has 0 saturated heterocycles. The molecule has 0 fully saturated rings. The quantitative estimate of drug-likeness (QED) is 0.706. The Morgan fingerprint density at radius 2 is 1.89 bits per heavy atom. The molecule has 0 atom stereocenters. The summed E-state index contributed by atoms with van der Waals surface area (Å²) in [5.41, 5.74) is 2.48. The Hall–Kier alpha value is -2.49. The zero-order chi connectivity index (χ0) is 12.5. The highest BCUT2D eigenvalue weighted by Crippen LogP contribution is 2.17. The summed E-state index contributed by atoms with van der Waals surface area (Å²) in [6.07, 6.45) is 3.36. The van der Waals surface area contributed by atoms with Gasteiger partial charge < -0.3 is 4.98 Å². The van der Waals surface area contributed by atoms with E-state index in [0.29, 0.717) is 11.2 Å². The average molecular weight is 237 g/mol. The van der Waals surface area contributed by atoms with Gasteiger partial charge in [0.1, 0.15) is 5.82 Å². The first-order chi connectivity index (χ1) is 8.75. The van der Waals surface area contributed by atoms with Crippen molar-refractivity contribution in [2.75, 3.05) is 0 Å². The minimum absolute atomic E-state index is 0.115. The molecule has 4 nitrogen and oxygen atoms in total. The number of hydrogen-bond donors (Lipinski definition) is 1. The molecule has 0 unspecified atom stereocenters. The minimum Gasteiger partial charge on any atom is -0.306 e. The molecule has 1 aromatic carbocycles. The van der Waals surface area contributed by atoms with Crippen LogP contribution in [0.3, 0.4) is 0 Å². The van der Waals surface area contributed by atoms with Crippen LogP contribution in [0.15, 0.2) is 47.5 Å². The number of para-hydroxylation sites is 1. The van der Waals surface area contributed by atoms with Crippen molar-refractivity contribution in [2.45, 2.75) is 6.92 Å². The van der Waals surface area contributed by atoms with Gasteiger partial charge >= 0.3 is 0 Å². The maximum absolute atomic E-state index is 12.0. The summed E-state index contributed by atoms with van der Waals surface area (Å²) in [6, 6.07) is 9.24. The molecule has 0 aliphatic heterocycles. The highest BCUT2D eigenvalue weighted by molar-refractivity contribution is 5.82. The third-order valence-electron chi connectivity index (χ3n) is 2.89. The van der Waals surface area contributed by atoms with Crippen molar-refractivity contribution >= 4 is 10.9 Å². The second-order valence-corrected chi connectivity index (χ2v) is 4.12. The Balaban J connectivity index is 2.34. The van der Waals surface area contributed by atoms with Gasteiger partial charge in [0.05, 0.1) is 10.9 Å². The normalized spacial score (nSPS) is 10.7. The van der Waals surface area contributed by atoms with Gasteiger partial charge in [-0.3, -0.25) is 9.78 Å². The van der Waals surface area contributed by atoms with Crippen LogP contribution in [0.25, 0.3) is 22.3 Å². The number of aromatic nitrogens is 3. The molecule has 88 valence electrons. The number of benzene rings is 1. The van der Waals surface area contributed by atoms with E-state index >= 15 is 0 Å². The lowest BCUT2D eigenvalue weighted by Gasteiger charge is -2.04. The second kappa shape index (κ2) is 4.07. The van der Waals surface area contributed by atoms with Crippen molar-refractivity contribution in [3.63, 3.8) is 0 Å². The van der Waals surface area contributed by atoms with E-state index in [1.54, 1.807) is 18.5 Å². The summed E-state index contributed by atoms with van der Waals surface area (Å²) in [5, 5.41) is 0.618. The van der Waals surface area contributed by atoms with E-state index in [0.717, 1.165) is 16.6 Å². The lowest BCUT2D eigenvalue weighted by atomic mass is 10.1. The number of aryl methyl sites for hydroxylation is 1. The first-order valence-corrected chi connectivity index (χ1v) is 5.66. The molecule has 1 N–H and O–H groups in total. The first kappa shape index (κ1) is 10.7. The SMILES string of the molecule is Cc1cccc2c(=O)[nH]c(-c3ccncc3)nc12. The van der Waals surface area contributed by atoms with E-state index in [-0.39, 0.29) is 5.56 Å². The molecule has 0 aliphatic rings. The fourth-order valence-electron chi connectivity index (χ4n) is 1.95. The molecular weight excluding hydrogens is 226 g/mol. The Bertz CT molecular complexity index is 763. The van der Waals surface area contributed by atoms with Gasteiger partial charge in [-0.25, -0.2) is 4.98 Å². The average Bonchev–Trinajstić information content (AvgIpc) is 2.41. The van der Waals surface area contributed by atoms with Gasteiger partial charge in [-0.05, 0) is 30.7 Å². The van der Waals surface area contributed by atoms with Crippen LogP contribution in [0.2, 0.25) is 0 Å². The Morgan fingerprint density at radius 1 is 1.11 bits per heavy atom. The van der Waals surface area contributed by atoms with Crippen LogP contribution < -0.4 is 5.56 Å². The van der Waals surface area contributed by atoms with Gasteiger partial charge in [0.25, 0.3) is 5.56 Å². The van der Waals surface area contributed by atoms with E-state index in [1.807, 2.05) is 31.2 Å². The maximum atomic E-state index is 12.0. The molecule has 0 amide bonds. The lowest BCUT2D eigenvalue weighted by Crippen LogP contribution is -2.10. The van der Waals surface area contributed by atoms with Gasteiger partial charge in [0.2, 0.25) is 0 Å². The Kier molecular flexibility index (Phi) is 2.41. The largest absolute Gasteiger partial charge is 0.306 e. The zero-order valence-corrected chi connectivity index (χ0v) is 9.84. The number of hydrogen-bond acceptors (Lipinski definition) is 3. The number of rotatable bonds is 1. The van der Waals surface area contributed by atoms with E-state index in [4.69, 9.17) is 0 Å². The molecule has 2 heterocycles. The molecule has 2 aromatic heterocycles. The summed E-state index contributed by atoms with van der Waals surface area (Å²) in [4.78, 5) is 23.3. The van der Waals surface area contributed by atoms with E-state index in [9.17, 15) is 4.79 Å². The van der Waals surface area contributed by atoms with Crippen molar-refractivity contribution in [3.05, 3.63) is 58.6 Å². The fraction of sp³-hybridized carbons (Fsp3) is 0.0714. The summed E-state index contributed by atoms with van der Waals surface area (Å²) in [6.45, 7) is 1.95.